The summed E-state index contributed by atoms with van der Waals surface area (Å²) in [5, 5.41) is 28.6. The highest BCUT2D eigenvalue weighted by atomic mass is 16.6. The third-order valence-electron chi connectivity index (χ3n) is 9.28. The molecule has 2 saturated carbocycles. The lowest BCUT2D eigenvalue weighted by molar-refractivity contribution is -0.920. The molecule has 3 aliphatic carbocycles. The number of carbonyl (C=O) groups is 2. The molecule has 7 heteroatoms. The Balaban J connectivity index is 1.45. The number of hydrogen-bond donors (Lipinski definition) is 2. The maximum atomic E-state index is 14.6. The molecule has 2 bridgehead atoms. The van der Waals surface area contributed by atoms with Crippen LogP contribution in [0.1, 0.15) is 53.6 Å². The Bertz CT molecular complexity index is 1230. The largest absolute Gasteiger partial charge is 0.633 e. The molecule has 7 rings (SSSR count). The van der Waals surface area contributed by atoms with Crippen LogP contribution in [0.5, 0.6) is 11.5 Å². The molecule has 7 nitrogen and oxygen atoms in total. The summed E-state index contributed by atoms with van der Waals surface area (Å²) in [5.41, 5.74) is 0.585. The van der Waals surface area contributed by atoms with E-state index < -0.39 is 23.1 Å². The summed E-state index contributed by atoms with van der Waals surface area (Å²) in [6.45, 7) is 0.954. The minimum absolute atomic E-state index is 0.0140. The van der Waals surface area contributed by atoms with Gasteiger partial charge in [0.1, 0.15) is 11.6 Å². The first kappa shape index (κ1) is 20.5. The van der Waals surface area contributed by atoms with Crippen LogP contribution in [0.2, 0.25) is 0 Å². The van der Waals surface area contributed by atoms with Crippen molar-refractivity contribution in [2.75, 3.05) is 13.1 Å². The molecule has 1 amide bonds. The molecule has 1 saturated heterocycles. The van der Waals surface area contributed by atoms with Crippen LogP contribution in [-0.4, -0.2) is 52.2 Å². The van der Waals surface area contributed by atoms with Gasteiger partial charge in [-0.2, -0.15) is 0 Å². The van der Waals surface area contributed by atoms with E-state index in [1.165, 1.54) is 0 Å². The predicted octanol–water partition coefficient (Wildman–Crippen LogP) is 2.98. The van der Waals surface area contributed by atoms with Crippen molar-refractivity contribution in [3.63, 3.8) is 0 Å². The fourth-order valence-electron chi connectivity index (χ4n) is 7.71. The van der Waals surface area contributed by atoms with Gasteiger partial charge in [0.2, 0.25) is 0 Å². The second kappa shape index (κ2) is 6.61. The lowest BCUT2D eigenvalue weighted by Crippen LogP contribution is -2.85. The number of amides is 1. The molecule has 2 aromatic carbocycles. The number of likely N-dealkylation sites (tertiary alicyclic amines) is 1. The zero-order chi connectivity index (χ0) is 23.3. The Kier molecular flexibility index (Phi) is 3.98. The van der Waals surface area contributed by atoms with Gasteiger partial charge in [0.05, 0.1) is 18.5 Å². The molecule has 0 aromatic heterocycles. The molecular weight excluding hydrogens is 432 g/mol. The molecule has 176 valence electrons. The standard InChI is InChI=1S/C27H28N2O5/c30-19-9-8-18-14-21-27(28-25(32)17-4-2-1-3-5-17)11-10-20(31)24-26(27,22(18)23(19)34-24)12-13-29(21,33)15-16-6-7-16/h1-5,8-9,16,21,24,30H,6-7,10-15H2,(H,28,32)/t21-,24?,26+,27-,29?/m1/s1. The number of nitrogens with one attached hydrogen (secondary N) is 1. The number of Topliss-reactive ketones (excluding diaryl/α,β-unsaturated/α-hetero) is 1. The quantitative estimate of drug-likeness (QED) is 0.540. The zero-order valence-electron chi connectivity index (χ0n) is 19.0. The summed E-state index contributed by atoms with van der Waals surface area (Å²) in [4.78, 5) is 26.9. The number of aromatic hydroxyl groups is 1. The van der Waals surface area contributed by atoms with Crippen molar-refractivity contribution in [2.24, 2.45) is 5.92 Å². The number of carbonyl (C=O) groups excluding carboxylic acids is 2. The normalized spacial score (nSPS) is 37.0. The van der Waals surface area contributed by atoms with Crippen LogP contribution in [-0.2, 0) is 16.6 Å². The van der Waals surface area contributed by atoms with Gasteiger partial charge in [-0.05, 0) is 43.0 Å². The van der Waals surface area contributed by atoms with E-state index in [0.717, 1.165) is 24.0 Å². The molecule has 2 heterocycles. The first-order valence-electron chi connectivity index (χ1n) is 12.4. The molecular formula is C27H28N2O5. The molecule has 1 spiro atoms. The van der Waals surface area contributed by atoms with E-state index in [1.807, 2.05) is 24.3 Å². The summed E-state index contributed by atoms with van der Waals surface area (Å²) in [5.74, 6) is 0.576. The van der Waals surface area contributed by atoms with Crippen molar-refractivity contribution in [3.8, 4) is 11.5 Å². The van der Waals surface area contributed by atoms with Gasteiger partial charge < -0.3 is 25.0 Å². The van der Waals surface area contributed by atoms with Crippen LogP contribution in [0, 0.1) is 11.1 Å². The number of hydroxylamine groups is 3. The smallest absolute Gasteiger partial charge is 0.251 e. The van der Waals surface area contributed by atoms with Gasteiger partial charge >= 0.3 is 0 Å². The van der Waals surface area contributed by atoms with E-state index >= 15 is 0 Å². The molecule has 5 atom stereocenters. The highest BCUT2D eigenvalue weighted by Gasteiger charge is 2.76. The van der Waals surface area contributed by atoms with Gasteiger partial charge in [-0.1, -0.05) is 24.3 Å². The summed E-state index contributed by atoms with van der Waals surface area (Å²) < 4.78 is 5.90. The van der Waals surface area contributed by atoms with Crippen LogP contribution in [0.25, 0.3) is 0 Å². The fourth-order valence-corrected chi connectivity index (χ4v) is 7.71. The van der Waals surface area contributed by atoms with Gasteiger partial charge in [-0.3, -0.25) is 9.59 Å². The van der Waals surface area contributed by atoms with Gasteiger partial charge in [0.25, 0.3) is 5.91 Å². The van der Waals surface area contributed by atoms with Gasteiger partial charge in [0, 0.05) is 36.3 Å². The van der Waals surface area contributed by atoms with Crippen LogP contribution < -0.4 is 10.1 Å². The van der Waals surface area contributed by atoms with Crippen molar-refractivity contribution in [1.29, 1.82) is 0 Å². The third kappa shape index (κ3) is 2.44. The Morgan fingerprint density at radius 1 is 1.18 bits per heavy atom. The van der Waals surface area contributed by atoms with Crippen LogP contribution in [0.4, 0.5) is 0 Å². The zero-order valence-corrected chi connectivity index (χ0v) is 19.0. The monoisotopic (exact) mass is 460 g/mol. The van der Waals surface area contributed by atoms with Crippen LogP contribution >= 0.6 is 0 Å². The average molecular weight is 461 g/mol. The number of phenols is 1. The van der Waals surface area contributed by atoms with Gasteiger partial charge in [-0.25, -0.2) is 0 Å². The Morgan fingerprint density at radius 2 is 1.97 bits per heavy atom. The van der Waals surface area contributed by atoms with Gasteiger partial charge in [0.15, 0.2) is 23.4 Å². The summed E-state index contributed by atoms with van der Waals surface area (Å²) in [6.07, 6.45) is 2.98. The van der Waals surface area contributed by atoms with E-state index in [4.69, 9.17) is 4.74 Å². The molecule has 3 fully saturated rings. The Labute approximate surface area is 197 Å². The summed E-state index contributed by atoms with van der Waals surface area (Å²) >= 11 is 0. The third-order valence-corrected chi connectivity index (χ3v) is 9.28. The highest BCUT2D eigenvalue weighted by Crippen LogP contribution is 2.66. The number of hydrogen-bond acceptors (Lipinski definition) is 5. The molecule has 5 aliphatic rings. The van der Waals surface area contributed by atoms with E-state index in [-0.39, 0.29) is 28.5 Å². The molecule has 34 heavy (non-hydrogen) atoms. The molecule has 2 N–H and O–H groups in total. The minimum Gasteiger partial charge on any atom is -0.633 e. The lowest BCUT2D eigenvalue weighted by Gasteiger charge is -2.69. The lowest BCUT2D eigenvalue weighted by atomic mass is 9.47. The van der Waals surface area contributed by atoms with Crippen molar-refractivity contribution < 1.29 is 24.1 Å². The van der Waals surface area contributed by atoms with Crippen molar-refractivity contribution >= 4 is 11.7 Å². The number of ether oxygens (including phenoxy) is 1. The number of quaternary nitrogens is 1. The second-order valence-electron chi connectivity index (χ2n) is 10.9. The van der Waals surface area contributed by atoms with Crippen LogP contribution in [0.3, 0.4) is 0 Å². The van der Waals surface area contributed by atoms with Crippen LogP contribution in [0.15, 0.2) is 42.5 Å². The predicted molar refractivity (Wildman–Crippen MR) is 123 cm³/mol. The number of nitrogens with zero attached hydrogens (tertiary/aromatic N) is 1. The van der Waals surface area contributed by atoms with E-state index in [2.05, 4.69) is 5.32 Å². The maximum absolute atomic E-state index is 14.6. The molecule has 2 aliphatic heterocycles. The molecule has 2 unspecified atom stereocenters. The maximum Gasteiger partial charge on any atom is 0.251 e. The SMILES string of the molecule is O=C(N[C@@]12CCC(=O)C3Oc4c(O)ccc5c4[C@@]31CC[N+]([O-])(CC1CC1)[C@@H]2C5)c1ccccc1. The number of rotatable bonds is 4. The summed E-state index contributed by atoms with van der Waals surface area (Å²) in [7, 11) is 0. The van der Waals surface area contributed by atoms with Crippen molar-refractivity contribution in [3.05, 3.63) is 64.4 Å². The number of benzene rings is 2. The topological polar surface area (TPSA) is 98.7 Å². The van der Waals surface area contributed by atoms with Crippen molar-refractivity contribution in [1.82, 2.24) is 5.32 Å². The fraction of sp³-hybridized carbons (Fsp3) is 0.481. The second-order valence-corrected chi connectivity index (χ2v) is 10.9. The average Bonchev–Trinajstić information content (AvgIpc) is 3.56. The summed E-state index contributed by atoms with van der Waals surface area (Å²) in [6, 6.07) is 12.1. The van der Waals surface area contributed by atoms with E-state index in [1.54, 1.807) is 18.2 Å². The number of ketones is 1. The highest BCUT2D eigenvalue weighted by molar-refractivity contribution is 5.96. The minimum atomic E-state index is -0.917. The Morgan fingerprint density at radius 3 is 2.74 bits per heavy atom. The first-order valence-corrected chi connectivity index (χ1v) is 12.4. The Hall–Kier alpha value is -2.90. The van der Waals surface area contributed by atoms with E-state index in [0.29, 0.717) is 49.6 Å². The number of phenolic OH excluding ortho intramolecular Hbond substituents is 1. The van der Waals surface area contributed by atoms with E-state index in [9.17, 15) is 19.9 Å². The molecule has 2 aromatic rings. The molecule has 0 radical (unpaired) electrons. The van der Waals surface area contributed by atoms with Crippen molar-refractivity contribution in [2.45, 2.75) is 61.6 Å². The first-order chi connectivity index (χ1) is 16.4. The number of piperidine rings is 1. The van der Waals surface area contributed by atoms with Gasteiger partial charge in [-0.15, -0.1) is 0 Å².